The van der Waals surface area contributed by atoms with Crippen molar-refractivity contribution in [1.29, 1.82) is 0 Å². The van der Waals surface area contributed by atoms with Gasteiger partial charge < -0.3 is 10.1 Å². The quantitative estimate of drug-likeness (QED) is 0.772. The monoisotopic (exact) mass is 270 g/mol. The smallest absolute Gasteiger partial charge is 0.113 e. The molecule has 0 fully saturated rings. The topological polar surface area (TPSA) is 34.1 Å². The Kier molecular flexibility index (Phi) is 5.76. The summed E-state index contributed by atoms with van der Waals surface area (Å²) in [5.41, 5.74) is 1.09. The summed E-state index contributed by atoms with van der Waals surface area (Å²) in [5.74, 6) is 0.541. The number of hydrogen-bond donors (Lipinski definition) is 1. The van der Waals surface area contributed by atoms with E-state index in [1.165, 1.54) is 9.88 Å². The normalized spacial score (nSPS) is 16.6. The van der Waals surface area contributed by atoms with E-state index in [0.29, 0.717) is 5.92 Å². The number of aromatic nitrogens is 1. The van der Waals surface area contributed by atoms with Crippen molar-refractivity contribution in [3.05, 3.63) is 15.6 Å². The summed E-state index contributed by atoms with van der Waals surface area (Å²) in [6, 6.07) is 0. The third kappa shape index (κ3) is 3.31. The van der Waals surface area contributed by atoms with Gasteiger partial charge in [-0.25, -0.2) is 4.98 Å². The van der Waals surface area contributed by atoms with Gasteiger partial charge in [0.1, 0.15) is 5.01 Å². The molecule has 1 heterocycles. The van der Waals surface area contributed by atoms with Crippen LogP contribution in [0.25, 0.3) is 0 Å². The van der Waals surface area contributed by atoms with Crippen molar-refractivity contribution >= 4 is 11.3 Å². The summed E-state index contributed by atoms with van der Waals surface area (Å²) in [6.07, 6.45) is 1.13. The predicted octanol–water partition coefficient (Wildman–Crippen LogP) is 3.26. The molecule has 18 heavy (non-hydrogen) atoms. The second-order valence-corrected chi connectivity index (χ2v) is 6.30. The molecule has 0 saturated heterocycles. The first-order valence-electron chi connectivity index (χ1n) is 6.64. The molecule has 1 aromatic rings. The van der Waals surface area contributed by atoms with E-state index in [1.54, 1.807) is 7.11 Å². The van der Waals surface area contributed by atoms with Gasteiger partial charge in [-0.15, -0.1) is 11.3 Å². The highest BCUT2D eigenvalue weighted by Gasteiger charge is 2.34. The molecule has 2 unspecified atom stereocenters. The van der Waals surface area contributed by atoms with Gasteiger partial charge >= 0.3 is 0 Å². The van der Waals surface area contributed by atoms with Crippen LogP contribution in [0.3, 0.4) is 0 Å². The molecule has 2 atom stereocenters. The van der Waals surface area contributed by atoms with Crippen molar-refractivity contribution < 1.29 is 4.74 Å². The summed E-state index contributed by atoms with van der Waals surface area (Å²) >= 11 is 1.81. The molecule has 0 aromatic carbocycles. The Labute approximate surface area is 115 Å². The summed E-state index contributed by atoms with van der Waals surface area (Å²) in [7, 11) is 1.74. The Morgan fingerprint density at radius 3 is 2.56 bits per heavy atom. The van der Waals surface area contributed by atoms with E-state index in [0.717, 1.165) is 25.3 Å². The van der Waals surface area contributed by atoms with Gasteiger partial charge in [-0.2, -0.15) is 0 Å². The minimum atomic E-state index is -0.0586. The van der Waals surface area contributed by atoms with E-state index in [2.05, 4.69) is 39.9 Å². The molecule has 0 aliphatic carbocycles. The van der Waals surface area contributed by atoms with Crippen molar-refractivity contribution in [2.75, 3.05) is 20.3 Å². The van der Waals surface area contributed by atoms with Crippen LogP contribution in [0, 0.1) is 19.8 Å². The van der Waals surface area contributed by atoms with Crippen molar-refractivity contribution in [2.24, 2.45) is 5.92 Å². The minimum Gasteiger partial charge on any atom is -0.383 e. The summed E-state index contributed by atoms with van der Waals surface area (Å²) in [6.45, 7) is 12.6. The van der Waals surface area contributed by atoms with Gasteiger partial charge in [0.25, 0.3) is 0 Å². The second kappa shape index (κ2) is 6.64. The number of hydrogen-bond acceptors (Lipinski definition) is 4. The van der Waals surface area contributed by atoms with Crippen LogP contribution in [0.15, 0.2) is 0 Å². The van der Waals surface area contributed by atoms with Crippen molar-refractivity contribution in [3.63, 3.8) is 0 Å². The average Bonchev–Trinajstić information content (AvgIpc) is 2.69. The Bertz CT molecular complexity index is 358. The molecule has 104 valence electrons. The van der Waals surface area contributed by atoms with E-state index in [4.69, 9.17) is 9.72 Å². The van der Waals surface area contributed by atoms with E-state index >= 15 is 0 Å². The number of ether oxygens (including phenoxy) is 1. The third-order valence-electron chi connectivity index (χ3n) is 3.87. The van der Waals surface area contributed by atoms with Gasteiger partial charge in [0.2, 0.25) is 0 Å². The van der Waals surface area contributed by atoms with Crippen molar-refractivity contribution in [2.45, 2.75) is 46.6 Å². The number of thiazole rings is 1. The molecule has 1 N–H and O–H groups in total. The number of methoxy groups -OCH3 is 1. The molecule has 1 rings (SSSR count). The van der Waals surface area contributed by atoms with Crippen molar-refractivity contribution in [3.8, 4) is 0 Å². The Morgan fingerprint density at radius 1 is 1.44 bits per heavy atom. The van der Waals surface area contributed by atoms with E-state index < -0.39 is 0 Å². The maximum atomic E-state index is 5.14. The Balaban J connectivity index is 2.96. The lowest BCUT2D eigenvalue weighted by Gasteiger charge is -2.34. The lowest BCUT2D eigenvalue weighted by molar-refractivity contribution is 0.168. The van der Waals surface area contributed by atoms with Crippen LogP contribution in [0.2, 0.25) is 0 Å². The van der Waals surface area contributed by atoms with Crippen LogP contribution >= 0.6 is 11.3 Å². The number of nitrogens with zero attached hydrogens (tertiary/aromatic N) is 1. The van der Waals surface area contributed by atoms with Gasteiger partial charge in [-0.05, 0) is 26.7 Å². The van der Waals surface area contributed by atoms with Crippen LogP contribution in [0.5, 0.6) is 0 Å². The van der Waals surface area contributed by atoms with Gasteiger partial charge in [0, 0.05) is 18.5 Å². The number of nitrogens with one attached hydrogen (secondary N) is 1. The van der Waals surface area contributed by atoms with Gasteiger partial charge in [-0.3, -0.25) is 0 Å². The SMILES string of the molecule is CCC(C)C(C)(NCCOC)c1nc(C)c(C)s1. The highest BCUT2D eigenvalue weighted by atomic mass is 32.1. The number of rotatable bonds is 7. The zero-order chi connectivity index (χ0) is 13.8. The van der Waals surface area contributed by atoms with Crippen molar-refractivity contribution in [1.82, 2.24) is 10.3 Å². The van der Waals surface area contributed by atoms with Gasteiger partial charge in [0.15, 0.2) is 0 Å². The number of aryl methyl sites for hydroxylation is 2. The maximum Gasteiger partial charge on any atom is 0.113 e. The Morgan fingerprint density at radius 2 is 2.11 bits per heavy atom. The molecule has 0 aliphatic rings. The molecule has 0 bridgehead atoms. The second-order valence-electron chi connectivity index (χ2n) is 5.09. The minimum absolute atomic E-state index is 0.0586. The molecule has 0 aliphatic heterocycles. The molecule has 0 amide bonds. The van der Waals surface area contributed by atoms with Crippen LogP contribution in [-0.2, 0) is 10.3 Å². The molecule has 3 nitrogen and oxygen atoms in total. The van der Waals surface area contributed by atoms with E-state index in [1.807, 2.05) is 11.3 Å². The average molecular weight is 270 g/mol. The molecular weight excluding hydrogens is 244 g/mol. The van der Waals surface area contributed by atoms with E-state index in [9.17, 15) is 0 Å². The highest BCUT2D eigenvalue weighted by molar-refractivity contribution is 7.11. The molecule has 1 aromatic heterocycles. The summed E-state index contributed by atoms with van der Waals surface area (Å²) in [4.78, 5) is 6.06. The lowest BCUT2D eigenvalue weighted by Crippen LogP contribution is -2.46. The van der Waals surface area contributed by atoms with Crippen LogP contribution < -0.4 is 5.32 Å². The Hall–Kier alpha value is -0.450. The first kappa shape index (κ1) is 15.6. The molecule has 4 heteroatoms. The van der Waals surface area contributed by atoms with E-state index in [-0.39, 0.29) is 5.54 Å². The van der Waals surface area contributed by atoms with Crippen LogP contribution in [0.4, 0.5) is 0 Å². The first-order chi connectivity index (χ1) is 8.45. The molecule has 0 spiro atoms. The maximum absolute atomic E-state index is 5.14. The fraction of sp³-hybridized carbons (Fsp3) is 0.786. The van der Waals surface area contributed by atoms with Crippen LogP contribution in [-0.4, -0.2) is 25.2 Å². The largest absolute Gasteiger partial charge is 0.383 e. The first-order valence-corrected chi connectivity index (χ1v) is 7.45. The third-order valence-corrected chi connectivity index (χ3v) is 5.18. The fourth-order valence-electron chi connectivity index (χ4n) is 1.98. The van der Waals surface area contributed by atoms with Gasteiger partial charge in [-0.1, -0.05) is 20.3 Å². The fourth-order valence-corrected chi connectivity index (χ4v) is 3.13. The zero-order valence-electron chi connectivity index (χ0n) is 12.5. The predicted molar refractivity (Wildman–Crippen MR) is 78.3 cm³/mol. The molecule has 0 radical (unpaired) electrons. The zero-order valence-corrected chi connectivity index (χ0v) is 13.3. The standard InChI is InChI=1S/C14H26N2OS/c1-7-10(2)14(5,15-8-9-17-6)13-16-11(3)12(4)18-13/h10,15H,7-9H2,1-6H3. The summed E-state index contributed by atoms with van der Waals surface area (Å²) in [5, 5.41) is 4.82. The molecule has 0 saturated carbocycles. The van der Waals surface area contributed by atoms with Gasteiger partial charge in [0.05, 0.1) is 17.8 Å². The molecular formula is C14H26N2OS. The lowest BCUT2D eigenvalue weighted by atomic mass is 9.85. The summed E-state index contributed by atoms with van der Waals surface area (Å²) < 4.78 is 5.14. The van der Waals surface area contributed by atoms with Crippen LogP contribution in [0.1, 0.15) is 42.8 Å². The highest BCUT2D eigenvalue weighted by Crippen LogP contribution is 2.35.